The van der Waals surface area contributed by atoms with E-state index < -0.39 is 75.4 Å². The molecular formula is C33H38F6O7. The van der Waals surface area contributed by atoms with Gasteiger partial charge in [0.2, 0.25) is 0 Å². The van der Waals surface area contributed by atoms with Crippen LogP contribution >= 0.6 is 0 Å². The van der Waals surface area contributed by atoms with Gasteiger partial charge in [0.1, 0.15) is 11.7 Å². The zero-order valence-electron chi connectivity index (χ0n) is 26.4. The smallest absolute Gasteiger partial charge is 0.432 e. The number of halogens is 6. The van der Waals surface area contributed by atoms with Gasteiger partial charge < -0.3 is 23.7 Å². The molecule has 6 atom stereocenters. The number of alkyl halides is 6. The molecule has 1 aliphatic heterocycles. The van der Waals surface area contributed by atoms with Crippen molar-refractivity contribution in [3.8, 4) is 0 Å². The van der Waals surface area contributed by atoms with Crippen molar-refractivity contribution in [1.29, 1.82) is 0 Å². The molecule has 1 aliphatic carbocycles. The van der Waals surface area contributed by atoms with Gasteiger partial charge in [0.05, 0.1) is 11.7 Å². The highest BCUT2D eigenvalue weighted by Gasteiger charge is 2.76. The van der Waals surface area contributed by atoms with Crippen LogP contribution in [-0.2, 0) is 44.5 Å². The highest BCUT2D eigenvalue weighted by molar-refractivity contribution is 5.83. The third-order valence-corrected chi connectivity index (χ3v) is 9.49. The molecule has 2 aromatic carbocycles. The summed E-state index contributed by atoms with van der Waals surface area (Å²) in [6.07, 6.45) is -11.6. The minimum atomic E-state index is -5.13. The van der Waals surface area contributed by atoms with Crippen LogP contribution in [0.15, 0.2) is 60.7 Å². The van der Waals surface area contributed by atoms with Gasteiger partial charge in [-0.15, -0.1) is 0 Å². The molecule has 0 amide bonds. The number of fused-ring (bicyclic) bond motifs is 1. The standard InChI is InChI=1S/C33H38F6O7/c1-21(44-25(40)30(42-5,32(34,35)36)22-13-9-7-10-14-22)17-18-29-27(2,3)19-24(20-28(29,4)46-29)45-26(41)31(43-6,33(37,38)39)23-15-11-8-12-16-23/h7-16,21,24H,17-20H2,1-6H3/t21-,24-,28+,29-,30+,31+/m0/s1. The third-order valence-electron chi connectivity index (χ3n) is 9.49. The van der Waals surface area contributed by atoms with E-state index in [2.05, 4.69) is 0 Å². The number of hydrogen-bond acceptors (Lipinski definition) is 7. The van der Waals surface area contributed by atoms with E-state index in [0.717, 1.165) is 38.5 Å². The fraction of sp³-hybridized carbons (Fsp3) is 0.576. The van der Waals surface area contributed by atoms with Gasteiger partial charge in [0.15, 0.2) is 0 Å². The first-order chi connectivity index (χ1) is 21.3. The van der Waals surface area contributed by atoms with Gasteiger partial charge in [0, 0.05) is 37.2 Å². The largest absolute Gasteiger partial charge is 0.460 e. The van der Waals surface area contributed by atoms with Crippen LogP contribution in [-0.4, -0.2) is 61.9 Å². The summed E-state index contributed by atoms with van der Waals surface area (Å²) in [5.74, 6) is -3.21. The average Bonchev–Trinajstić information content (AvgIpc) is 3.59. The van der Waals surface area contributed by atoms with Gasteiger partial charge in [0.25, 0.3) is 11.2 Å². The zero-order valence-corrected chi connectivity index (χ0v) is 26.4. The SMILES string of the molecule is CO[C@@](C(=O)O[C@H]1CC(C)(C)[C@]2(CC[C@H](C)OC(=O)[C@](OC)(c3ccccc3)C(F)(F)F)O[C@]2(C)C1)(c1ccccc1)C(F)(F)F. The maximum absolute atomic E-state index is 14.4. The Hall–Kier alpha value is -3.16. The van der Waals surface area contributed by atoms with E-state index in [-0.39, 0.29) is 25.7 Å². The predicted octanol–water partition coefficient (Wildman–Crippen LogP) is 7.17. The lowest BCUT2D eigenvalue weighted by Crippen LogP contribution is -2.54. The normalized spacial score (nSPS) is 27.3. The fourth-order valence-electron chi connectivity index (χ4n) is 7.14. The number of methoxy groups -OCH3 is 2. The Kier molecular flexibility index (Phi) is 9.41. The minimum Gasteiger partial charge on any atom is -0.460 e. The summed E-state index contributed by atoms with van der Waals surface area (Å²) in [5, 5.41) is 0. The monoisotopic (exact) mass is 660 g/mol. The van der Waals surface area contributed by atoms with Gasteiger partial charge in [-0.25, -0.2) is 9.59 Å². The Morgan fingerprint density at radius 3 is 1.67 bits per heavy atom. The van der Waals surface area contributed by atoms with Crippen molar-refractivity contribution < 1.29 is 59.6 Å². The van der Waals surface area contributed by atoms with Crippen LogP contribution in [0.3, 0.4) is 0 Å². The molecule has 254 valence electrons. The summed E-state index contributed by atoms with van der Waals surface area (Å²) in [7, 11) is 1.58. The van der Waals surface area contributed by atoms with E-state index in [0.29, 0.717) is 0 Å². The van der Waals surface area contributed by atoms with E-state index in [1.54, 1.807) is 6.92 Å². The quantitative estimate of drug-likeness (QED) is 0.144. The number of carbonyl (C=O) groups is 2. The Balaban J connectivity index is 1.47. The molecule has 2 aromatic rings. The average molecular weight is 661 g/mol. The van der Waals surface area contributed by atoms with Crippen LogP contribution < -0.4 is 0 Å². The van der Waals surface area contributed by atoms with Crippen molar-refractivity contribution in [1.82, 2.24) is 0 Å². The lowest BCUT2D eigenvalue weighted by molar-refractivity contribution is -0.279. The van der Waals surface area contributed by atoms with Crippen molar-refractivity contribution in [2.45, 2.75) is 100 Å². The third kappa shape index (κ3) is 5.68. The molecule has 7 nitrogen and oxygen atoms in total. The highest BCUT2D eigenvalue weighted by Crippen LogP contribution is 2.68. The van der Waals surface area contributed by atoms with Gasteiger partial charge in [-0.3, -0.25) is 0 Å². The molecule has 0 N–H and O–H groups in total. The van der Waals surface area contributed by atoms with E-state index in [1.165, 1.54) is 43.3 Å². The lowest BCUT2D eigenvalue weighted by Gasteiger charge is -2.43. The van der Waals surface area contributed by atoms with Gasteiger partial charge >= 0.3 is 24.3 Å². The van der Waals surface area contributed by atoms with E-state index in [9.17, 15) is 35.9 Å². The van der Waals surface area contributed by atoms with E-state index >= 15 is 0 Å². The Labute approximate surface area is 263 Å². The molecule has 1 saturated heterocycles. The maximum atomic E-state index is 14.4. The second-order valence-corrected chi connectivity index (χ2v) is 12.7. The topological polar surface area (TPSA) is 83.6 Å². The van der Waals surface area contributed by atoms with Crippen molar-refractivity contribution in [3.63, 3.8) is 0 Å². The second kappa shape index (κ2) is 12.1. The molecule has 0 bridgehead atoms. The minimum absolute atomic E-state index is 0.0671. The Morgan fingerprint density at radius 2 is 1.26 bits per heavy atom. The number of ether oxygens (including phenoxy) is 5. The summed E-state index contributed by atoms with van der Waals surface area (Å²) < 4.78 is 113. The van der Waals surface area contributed by atoms with Crippen LogP contribution in [0, 0.1) is 5.41 Å². The van der Waals surface area contributed by atoms with E-state index in [4.69, 9.17) is 23.7 Å². The predicted molar refractivity (Wildman–Crippen MR) is 152 cm³/mol. The summed E-state index contributed by atoms with van der Waals surface area (Å²) >= 11 is 0. The Bertz CT molecular complexity index is 1400. The molecule has 0 unspecified atom stereocenters. The molecule has 0 radical (unpaired) electrons. The molecule has 2 fully saturated rings. The number of carbonyl (C=O) groups excluding carboxylic acids is 2. The van der Waals surface area contributed by atoms with Crippen LogP contribution in [0.2, 0.25) is 0 Å². The first-order valence-electron chi connectivity index (χ1n) is 14.7. The van der Waals surface area contributed by atoms with E-state index in [1.807, 2.05) is 13.8 Å². The highest BCUT2D eigenvalue weighted by atomic mass is 19.4. The molecule has 46 heavy (non-hydrogen) atoms. The zero-order chi connectivity index (χ0) is 34.4. The second-order valence-electron chi connectivity index (χ2n) is 12.7. The summed E-state index contributed by atoms with van der Waals surface area (Å²) in [5.41, 5.74) is -10.1. The lowest BCUT2D eigenvalue weighted by atomic mass is 9.61. The number of epoxide rings is 1. The van der Waals surface area contributed by atoms with Crippen LogP contribution in [0.4, 0.5) is 26.3 Å². The molecule has 1 heterocycles. The first kappa shape index (κ1) is 35.7. The van der Waals surface area contributed by atoms with Crippen molar-refractivity contribution in [2.75, 3.05) is 14.2 Å². The van der Waals surface area contributed by atoms with Crippen molar-refractivity contribution >= 4 is 11.9 Å². The van der Waals surface area contributed by atoms with Crippen molar-refractivity contribution in [2.24, 2.45) is 5.41 Å². The Morgan fingerprint density at radius 1 is 0.804 bits per heavy atom. The van der Waals surface area contributed by atoms with Gasteiger partial charge in [-0.2, -0.15) is 26.3 Å². The summed E-state index contributed by atoms with van der Waals surface area (Å²) in [6, 6.07) is 13.0. The number of esters is 2. The molecule has 0 aromatic heterocycles. The number of rotatable bonds is 11. The van der Waals surface area contributed by atoms with Crippen LogP contribution in [0.1, 0.15) is 64.5 Å². The van der Waals surface area contributed by atoms with Crippen LogP contribution in [0.25, 0.3) is 0 Å². The molecule has 1 saturated carbocycles. The molecule has 13 heteroatoms. The van der Waals surface area contributed by atoms with Gasteiger partial charge in [-0.1, -0.05) is 74.5 Å². The molecule has 4 rings (SSSR count). The fourth-order valence-corrected chi connectivity index (χ4v) is 7.14. The molecule has 2 aliphatic rings. The molecular weight excluding hydrogens is 622 g/mol. The van der Waals surface area contributed by atoms with Gasteiger partial charge in [-0.05, 0) is 33.1 Å². The summed E-state index contributed by atoms with van der Waals surface area (Å²) in [6.45, 7) is 6.83. The van der Waals surface area contributed by atoms with Crippen LogP contribution in [0.5, 0.6) is 0 Å². The summed E-state index contributed by atoms with van der Waals surface area (Å²) in [4.78, 5) is 26.3. The maximum Gasteiger partial charge on any atom is 0.432 e. The van der Waals surface area contributed by atoms with Crippen molar-refractivity contribution in [3.05, 3.63) is 71.8 Å². The number of hydrogen-bond donors (Lipinski definition) is 0. The first-order valence-corrected chi connectivity index (χ1v) is 14.7. The number of benzene rings is 2. The molecule has 0 spiro atoms.